The van der Waals surface area contributed by atoms with Crippen LogP contribution in [0.1, 0.15) is 42.0 Å². The minimum atomic E-state index is 0.0489. The van der Waals surface area contributed by atoms with Crippen molar-refractivity contribution in [3.05, 3.63) is 21.9 Å². The molecule has 1 heterocycles. The van der Waals surface area contributed by atoms with E-state index in [9.17, 15) is 0 Å². The molecule has 0 radical (unpaired) electrons. The van der Waals surface area contributed by atoms with Gasteiger partial charge in [-0.3, -0.25) is 0 Å². The fraction of sp³-hybridized carbons (Fsp3) is 0.692. The summed E-state index contributed by atoms with van der Waals surface area (Å²) in [6.07, 6.45) is 3.65. The first kappa shape index (κ1) is 12.1. The highest BCUT2D eigenvalue weighted by molar-refractivity contribution is 7.12. The van der Waals surface area contributed by atoms with Crippen LogP contribution in [-0.2, 0) is 4.74 Å². The standard InChI is InChI=1S/C13H21NOS/c1-4-14-12(11-7-6-10(2)16-11)13(15-3)8-5-9-13/h6-7,12,14H,4-5,8-9H2,1-3H3. The molecule has 0 aromatic carbocycles. The zero-order valence-corrected chi connectivity index (χ0v) is 11.2. The highest BCUT2D eigenvalue weighted by Crippen LogP contribution is 2.46. The Bertz CT molecular complexity index is 338. The fourth-order valence-electron chi connectivity index (χ4n) is 2.49. The average Bonchev–Trinajstić information content (AvgIpc) is 2.62. The molecule has 1 aromatic rings. The van der Waals surface area contributed by atoms with Gasteiger partial charge >= 0.3 is 0 Å². The molecule has 1 aliphatic rings. The Hall–Kier alpha value is -0.380. The lowest BCUT2D eigenvalue weighted by Gasteiger charge is -2.46. The van der Waals surface area contributed by atoms with Crippen LogP contribution < -0.4 is 5.32 Å². The Morgan fingerprint density at radius 2 is 2.25 bits per heavy atom. The van der Waals surface area contributed by atoms with Gasteiger partial charge in [-0.25, -0.2) is 0 Å². The molecule has 1 saturated carbocycles. The Morgan fingerprint density at radius 3 is 2.62 bits per heavy atom. The van der Waals surface area contributed by atoms with Crippen LogP contribution in [0.4, 0.5) is 0 Å². The largest absolute Gasteiger partial charge is 0.376 e. The fourth-order valence-corrected chi connectivity index (χ4v) is 3.55. The Morgan fingerprint density at radius 1 is 1.50 bits per heavy atom. The maximum atomic E-state index is 5.80. The first-order chi connectivity index (χ1) is 7.72. The summed E-state index contributed by atoms with van der Waals surface area (Å²) in [6.45, 7) is 5.32. The molecule has 0 aliphatic heterocycles. The Labute approximate surface area is 102 Å². The van der Waals surface area contributed by atoms with Crippen molar-refractivity contribution < 1.29 is 4.74 Å². The number of rotatable bonds is 5. The molecule has 3 heteroatoms. The van der Waals surface area contributed by atoms with E-state index in [1.54, 1.807) is 0 Å². The third-order valence-electron chi connectivity index (χ3n) is 3.59. The summed E-state index contributed by atoms with van der Waals surface area (Å²) in [5, 5.41) is 3.59. The van der Waals surface area contributed by atoms with Gasteiger partial charge in [0.15, 0.2) is 0 Å². The molecule has 90 valence electrons. The maximum absolute atomic E-state index is 5.80. The average molecular weight is 239 g/mol. The monoisotopic (exact) mass is 239 g/mol. The van der Waals surface area contributed by atoms with Crippen LogP contribution in [0.15, 0.2) is 12.1 Å². The second kappa shape index (κ2) is 4.86. The van der Waals surface area contributed by atoms with E-state index in [-0.39, 0.29) is 5.60 Å². The number of nitrogens with one attached hydrogen (secondary N) is 1. The predicted molar refractivity (Wildman–Crippen MR) is 69.1 cm³/mol. The summed E-state index contributed by atoms with van der Waals surface area (Å²) in [4.78, 5) is 2.80. The number of aryl methyl sites for hydroxylation is 1. The van der Waals surface area contributed by atoms with Gasteiger partial charge in [-0.05, 0) is 44.9 Å². The highest BCUT2D eigenvalue weighted by Gasteiger charge is 2.45. The zero-order valence-electron chi connectivity index (χ0n) is 10.4. The summed E-state index contributed by atoms with van der Waals surface area (Å²) >= 11 is 1.88. The second-order valence-corrected chi connectivity index (χ2v) is 5.88. The molecule has 2 nitrogen and oxygen atoms in total. The third kappa shape index (κ3) is 2.04. The lowest BCUT2D eigenvalue weighted by Crippen LogP contribution is -2.50. The van der Waals surface area contributed by atoms with Crippen molar-refractivity contribution in [1.29, 1.82) is 0 Å². The number of ether oxygens (including phenoxy) is 1. The van der Waals surface area contributed by atoms with E-state index < -0.39 is 0 Å². The third-order valence-corrected chi connectivity index (χ3v) is 4.65. The topological polar surface area (TPSA) is 21.3 Å². The molecule has 16 heavy (non-hydrogen) atoms. The zero-order chi connectivity index (χ0) is 11.6. The number of methoxy groups -OCH3 is 1. The summed E-state index contributed by atoms with van der Waals surface area (Å²) in [5.74, 6) is 0. The smallest absolute Gasteiger partial charge is 0.0880 e. The van der Waals surface area contributed by atoms with E-state index in [0.29, 0.717) is 6.04 Å². The van der Waals surface area contributed by atoms with E-state index in [2.05, 4.69) is 31.3 Å². The molecule has 2 rings (SSSR count). The molecule has 1 N–H and O–H groups in total. The number of likely N-dealkylation sites (N-methyl/N-ethyl adjacent to an activating group) is 1. The van der Waals surface area contributed by atoms with Crippen molar-refractivity contribution in [2.24, 2.45) is 0 Å². The first-order valence-electron chi connectivity index (χ1n) is 6.07. The van der Waals surface area contributed by atoms with Crippen molar-refractivity contribution in [3.8, 4) is 0 Å². The highest BCUT2D eigenvalue weighted by atomic mass is 32.1. The molecule has 0 bridgehead atoms. The van der Waals surface area contributed by atoms with Crippen LogP contribution in [-0.4, -0.2) is 19.3 Å². The lowest BCUT2D eigenvalue weighted by molar-refractivity contribution is -0.0987. The normalized spacial score (nSPS) is 20.4. The molecular formula is C13H21NOS. The Kier molecular flexibility index (Phi) is 3.67. The lowest BCUT2D eigenvalue weighted by atomic mass is 9.74. The quantitative estimate of drug-likeness (QED) is 0.851. The molecule has 0 saturated heterocycles. The van der Waals surface area contributed by atoms with E-state index in [1.165, 1.54) is 29.0 Å². The van der Waals surface area contributed by atoms with Crippen molar-refractivity contribution in [3.63, 3.8) is 0 Å². The van der Waals surface area contributed by atoms with Crippen molar-refractivity contribution in [2.45, 2.75) is 44.8 Å². The van der Waals surface area contributed by atoms with Crippen molar-refractivity contribution in [2.75, 3.05) is 13.7 Å². The van der Waals surface area contributed by atoms with Gasteiger partial charge in [0.2, 0.25) is 0 Å². The molecule has 0 amide bonds. The summed E-state index contributed by atoms with van der Waals surface area (Å²) in [5.41, 5.74) is 0.0489. The van der Waals surface area contributed by atoms with Crippen LogP contribution in [0.25, 0.3) is 0 Å². The van der Waals surface area contributed by atoms with E-state index >= 15 is 0 Å². The number of hydrogen-bond donors (Lipinski definition) is 1. The second-order valence-electron chi connectivity index (χ2n) is 4.56. The first-order valence-corrected chi connectivity index (χ1v) is 6.88. The van der Waals surface area contributed by atoms with Crippen LogP contribution >= 0.6 is 11.3 Å². The number of thiophene rings is 1. The molecule has 1 atom stereocenters. The van der Waals surface area contributed by atoms with Gasteiger partial charge in [0.05, 0.1) is 11.6 Å². The van der Waals surface area contributed by atoms with Crippen molar-refractivity contribution >= 4 is 11.3 Å². The van der Waals surface area contributed by atoms with E-state index in [0.717, 1.165) is 6.54 Å². The van der Waals surface area contributed by atoms with Crippen LogP contribution in [0, 0.1) is 6.92 Å². The van der Waals surface area contributed by atoms with E-state index in [4.69, 9.17) is 4.74 Å². The minimum Gasteiger partial charge on any atom is -0.376 e. The molecule has 1 unspecified atom stereocenters. The van der Waals surface area contributed by atoms with Crippen LogP contribution in [0.2, 0.25) is 0 Å². The summed E-state index contributed by atoms with van der Waals surface area (Å²) < 4.78 is 5.80. The molecule has 0 spiro atoms. The van der Waals surface area contributed by atoms with Gasteiger partial charge in [0, 0.05) is 16.9 Å². The van der Waals surface area contributed by atoms with Gasteiger partial charge in [0.25, 0.3) is 0 Å². The predicted octanol–water partition coefficient (Wildman–Crippen LogP) is 3.28. The van der Waals surface area contributed by atoms with Crippen LogP contribution in [0.5, 0.6) is 0 Å². The Balaban J connectivity index is 2.22. The molecule has 1 fully saturated rings. The minimum absolute atomic E-state index is 0.0489. The van der Waals surface area contributed by atoms with Gasteiger partial charge in [-0.15, -0.1) is 11.3 Å². The van der Waals surface area contributed by atoms with Gasteiger partial charge in [-0.2, -0.15) is 0 Å². The van der Waals surface area contributed by atoms with Gasteiger partial charge in [0.1, 0.15) is 0 Å². The summed E-state index contributed by atoms with van der Waals surface area (Å²) in [6, 6.07) is 4.81. The molecule has 1 aromatic heterocycles. The van der Waals surface area contributed by atoms with Crippen LogP contribution in [0.3, 0.4) is 0 Å². The molecular weight excluding hydrogens is 218 g/mol. The number of hydrogen-bond acceptors (Lipinski definition) is 3. The van der Waals surface area contributed by atoms with Gasteiger partial charge in [-0.1, -0.05) is 6.92 Å². The van der Waals surface area contributed by atoms with E-state index in [1.807, 2.05) is 18.4 Å². The summed E-state index contributed by atoms with van der Waals surface area (Å²) in [7, 11) is 1.85. The SMILES string of the molecule is CCNC(c1ccc(C)s1)C1(OC)CCC1. The van der Waals surface area contributed by atoms with Crippen molar-refractivity contribution in [1.82, 2.24) is 5.32 Å². The molecule has 1 aliphatic carbocycles. The maximum Gasteiger partial charge on any atom is 0.0880 e. The van der Waals surface area contributed by atoms with Gasteiger partial charge < -0.3 is 10.1 Å².